The number of rotatable bonds is 2. The quantitative estimate of drug-likeness (QED) is 0.729. The van der Waals surface area contributed by atoms with Gasteiger partial charge < -0.3 is 9.84 Å². The summed E-state index contributed by atoms with van der Waals surface area (Å²) in [5.74, 6) is 1.16. The van der Waals surface area contributed by atoms with Crippen molar-refractivity contribution in [3.05, 3.63) is 77.4 Å². The Morgan fingerprint density at radius 2 is 1.78 bits per heavy atom. The van der Waals surface area contributed by atoms with Gasteiger partial charge in [-0.2, -0.15) is 0 Å². The number of hydrogen-bond donors (Lipinski definition) is 1. The normalized spacial score (nSPS) is 16.3. The van der Waals surface area contributed by atoms with Crippen LogP contribution in [0.3, 0.4) is 0 Å². The fraction of sp³-hybridized carbons (Fsp3) is 0.143. The minimum Gasteiger partial charge on any atom is -0.508 e. The average Bonchev–Trinajstić information content (AvgIpc) is 2.59. The monoisotopic (exact) mass is 302 g/mol. The van der Waals surface area contributed by atoms with E-state index in [1.165, 1.54) is 21.9 Å². The first-order chi connectivity index (χ1) is 11.2. The Hall–Kier alpha value is -2.74. The molecule has 3 aromatic carbocycles. The molecule has 1 unspecified atom stereocenters. The van der Waals surface area contributed by atoms with Gasteiger partial charge in [0.1, 0.15) is 11.5 Å². The largest absolute Gasteiger partial charge is 0.508 e. The molecule has 0 aromatic heterocycles. The minimum absolute atomic E-state index is 0.189. The van der Waals surface area contributed by atoms with Crippen LogP contribution in [0, 0.1) is 0 Å². The molecule has 4 rings (SSSR count). The number of methoxy groups -OCH3 is 1. The first-order valence-corrected chi connectivity index (χ1v) is 7.81. The summed E-state index contributed by atoms with van der Waals surface area (Å²) in [7, 11) is 1.61. The summed E-state index contributed by atoms with van der Waals surface area (Å²) in [5, 5.41) is 12.8. The molecule has 0 bridgehead atoms. The predicted molar refractivity (Wildman–Crippen MR) is 94.1 cm³/mol. The third-order valence-electron chi connectivity index (χ3n) is 4.59. The van der Waals surface area contributed by atoms with Crippen molar-refractivity contribution in [2.75, 3.05) is 7.11 Å². The first-order valence-electron chi connectivity index (χ1n) is 7.81. The highest BCUT2D eigenvalue weighted by Crippen LogP contribution is 2.37. The van der Waals surface area contributed by atoms with Crippen molar-refractivity contribution in [1.29, 1.82) is 0 Å². The average molecular weight is 302 g/mol. The summed E-state index contributed by atoms with van der Waals surface area (Å²) >= 11 is 0. The lowest BCUT2D eigenvalue weighted by Crippen LogP contribution is -2.06. The van der Waals surface area contributed by atoms with Crippen LogP contribution < -0.4 is 4.74 Å². The molecule has 0 saturated carbocycles. The van der Waals surface area contributed by atoms with E-state index in [9.17, 15) is 5.11 Å². The number of phenols is 1. The fourth-order valence-electron chi connectivity index (χ4n) is 3.34. The zero-order valence-electron chi connectivity index (χ0n) is 13.0. The van der Waals surface area contributed by atoms with Crippen molar-refractivity contribution in [3.8, 4) is 11.5 Å². The molecule has 1 N–H and O–H groups in total. The number of benzene rings is 3. The van der Waals surface area contributed by atoms with Crippen LogP contribution in [0.15, 0.2) is 60.7 Å². The van der Waals surface area contributed by atoms with Gasteiger partial charge in [-0.15, -0.1) is 0 Å². The lowest BCUT2D eigenvalue weighted by Gasteiger charge is -2.21. The van der Waals surface area contributed by atoms with Crippen LogP contribution in [0.25, 0.3) is 16.8 Å². The van der Waals surface area contributed by atoms with Crippen molar-refractivity contribution in [2.45, 2.75) is 12.3 Å². The number of ether oxygens (including phenoxy) is 1. The highest BCUT2D eigenvalue weighted by atomic mass is 16.5. The second kappa shape index (κ2) is 5.47. The lowest BCUT2D eigenvalue weighted by atomic mass is 9.84. The van der Waals surface area contributed by atoms with Gasteiger partial charge in [0.05, 0.1) is 7.11 Å². The molecule has 1 atom stereocenters. The van der Waals surface area contributed by atoms with Gasteiger partial charge in [-0.1, -0.05) is 48.6 Å². The van der Waals surface area contributed by atoms with E-state index in [0.717, 1.165) is 12.0 Å². The Balaban J connectivity index is 1.73. The molecule has 0 radical (unpaired) electrons. The lowest BCUT2D eigenvalue weighted by molar-refractivity contribution is 0.406. The van der Waals surface area contributed by atoms with E-state index in [4.69, 9.17) is 4.74 Å². The highest BCUT2D eigenvalue weighted by Gasteiger charge is 2.19. The molecule has 114 valence electrons. The van der Waals surface area contributed by atoms with Crippen molar-refractivity contribution in [2.24, 2.45) is 0 Å². The Morgan fingerprint density at radius 3 is 2.52 bits per heavy atom. The molecule has 1 aliphatic carbocycles. The number of phenolic OH excluding ortho intramolecular Hbond substituents is 1. The van der Waals surface area contributed by atoms with Gasteiger partial charge in [-0.3, -0.25) is 0 Å². The van der Waals surface area contributed by atoms with Gasteiger partial charge in [-0.05, 0) is 40.5 Å². The SMILES string of the molecule is COc1ccc(C2C=Cc3cc4ccccc4cc3C2)c(O)c1. The molecule has 0 fully saturated rings. The first kappa shape index (κ1) is 13.9. The Bertz CT molecular complexity index is 909. The molecule has 2 nitrogen and oxygen atoms in total. The molecule has 23 heavy (non-hydrogen) atoms. The van der Waals surface area contributed by atoms with Crippen molar-refractivity contribution in [1.82, 2.24) is 0 Å². The van der Waals surface area contributed by atoms with Crippen LogP contribution >= 0.6 is 0 Å². The smallest absolute Gasteiger partial charge is 0.123 e. The summed E-state index contributed by atoms with van der Waals surface area (Å²) in [6.45, 7) is 0. The molecule has 0 saturated heterocycles. The number of aromatic hydroxyl groups is 1. The van der Waals surface area contributed by atoms with Crippen LogP contribution in [0.2, 0.25) is 0 Å². The zero-order valence-corrected chi connectivity index (χ0v) is 13.0. The molecular weight excluding hydrogens is 284 g/mol. The molecule has 1 aliphatic rings. The van der Waals surface area contributed by atoms with Gasteiger partial charge in [0.25, 0.3) is 0 Å². The Morgan fingerprint density at radius 1 is 1.00 bits per heavy atom. The second-order valence-electron chi connectivity index (χ2n) is 5.99. The Kier molecular flexibility index (Phi) is 3.30. The van der Waals surface area contributed by atoms with Gasteiger partial charge in [0.2, 0.25) is 0 Å². The van der Waals surface area contributed by atoms with Crippen molar-refractivity contribution < 1.29 is 9.84 Å². The Labute approximate surface area is 135 Å². The molecular formula is C21H18O2. The van der Waals surface area contributed by atoms with E-state index in [1.54, 1.807) is 13.2 Å². The van der Waals surface area contributed by atoms with Crippen molar-refractivity contribution >= 4 is 16.8 Å². The van der Waals surface area contributed by atoms with Crippen LogP contribution in [0.4, 0.5) is 0 Å². The number of fused-ring (bicyclic) bond motifs is 2. The maximum atomic E-state index is 10.3. The summed E-state index contributed by atoms with van der Waals surface area (Å²) in [4.78, 5) is 0. The van der Waals surface area contributed by atoms with Crippen LogP contribution in [0.1, 0.15) is 22.6 Å². The van der Waals surface area contributed by atoms with E-state index in [0.29, 0.717) is 11.5 Å². The predicted octanol–water partition coefficient (Wildman–Crippen LogP) is 4.91. The molecule has 2 heteroatoms. The standard InChI is InChI=1S/C21H18O2/c1-23-19-8-9-20(21(22)13-19)17-7-6-16-10-14-4-2-3-5-15(14)11-18(16)12-17/h2-11,13,17,22H,12H2,1H3. The van der Waals surface area contributed by atoms with Crippen molar-refractivity contribution in [3.63, 3.8) is 0 Å². The van der Waals surface area contributed by atoms with Crippen LogP contribution in [-0.4, -0.2) is 12.2 Å². The maximum absolute atomic E-state index is 10.3. The van der Waals surface area contributed by atoms with E-state index in [-0.39, 0.29) is 5.92 Å². The van der Waals surface area contributed by atoms with E-state index in [1.807, 2.05) is 12.1 Å². The minimum atomic E-state index is 0.189. The van der Waals surface area contributed by atoms with E-state index < -0.39 is 0 Å². The zero-order chi connectivity index (χ0) is 15.8. The van der Waals surface area contributed by atoms with Crippen LogP contribution in [0.5, 0.6) is 11.5 Å². The van der Waals surface area contributed by atoms with Gasteiger partial charge in [0.15, 0.2) is 0 Å². The summed E-state index contributed by atoms with van der Waals surface area (Å²) < 4.78 is 5.16. The summed E-state index contributed by atoms with van der Waals surface area (Å²) in [6, 6.07) is 18.5. The third kappa shape index (κ3) is 2.46. The van der Waals surface area contributed by atoms with E-state index in [2.05, 4.69) is 48.6 Å². The second-order valence-corrected chi connectivity index (χ2v) is 5.99. The van der Waals surface area contributed by atoms with Gasteiger partial charge >= 0.3 is 0 Å². The summed E-state index contributed by atoms with van der Waals surface area (Å²) in [5.41, 5.74) is 3.54. The number of allylic oxidation sites excluding steroid dienone is 1. The molecule has 0 heterocycles. The van der Waals surface area contributed by atoms with Gasteiger partial charge in [0, 0.05) is 17.5 Å². The molecule has 3 aromatic rings. The van der Waals surface area contributed by atoms with Gasteiger partial charge in [-0.25, -0.2) is 0 Å². The molecule has 0 spiro atoms. The summed E-state index contributed by atoms with van der Waals surface area (Å²) in [6.07, 6.45) is 5.24. The third-order valence-corrected chi connectivity index (χ3v) is 4.59. The maximum Gasteiger partial charge on any atom is 0.123 e. The fourth-order valence-corrected chi connectivity index (χ4v) is 3.34. The topological polar surface area (TPSA) is 29.5 Å². The highest BCUT2D eigenvalue weighted by molar-refractivity contribution is 5.86. The molecule has 0 amide bonds. The van der Waals surface area contributed by atoms with E-state index >= 15 is 0 Å². The van der Waals surface area contributed by atoms with Crippen LogP contribution in [-0.2, 0) is 6.42 Å². The number of hydrogen-bond acceptors (Lipinski definition) is 2. The molecule has 0 aliphatic heterocycles.